The van der Waals surface area contributed by atoms with E-state index < -0.39 is 94.3 Å². The number of hydrogen-bond donors (Lipinski definition) is 11. The Morgan fingerprint density at radius 3 is 1.34 bits per heavy atom. The Bertz CT molecular complexity index is 6160. The van der Waals surface area contributed by atoms with Crippen molar-refractivity contribution in [2.75, 3.05) is 87.2 Å². The van der Waals surface area contributed by atoms with Crippen molar-refractivity contribution in [3.63, 3.8) is 0 Å². The smallest absolute Gasteiger partial charge is 0.412 e. The lowest BCUT2D eigenvalue weighted by atomic mass is 9.77. The molecule has 5 aromatic heterocycles. The maximum absolute atomic E-state index is 15.8. The Balaban J connectivity index is 0.000000165. The predicted octanol–water partition coefficient (Wildman–Crippen LogP) is 12.9. The number of aromatic hydroxyl groups is 2. The van der Waals surface area contributed by atoms with Crippen LogP contribution in [0.3, 0.4) is 0 Å². The van der Waals surface area contributed by atoms with Crippen LogP contribution in [-0.2, 0) is 60.8 Å². The molecule has 38 nitrogen and oxygen atoms in total. The molecule has 4 aliphatic carbocycles. The highest BCUT2D eigenvalue weighted by molar-refractivity contribution is 6.31. The summed E-state index contributed by atoms with van der Waals surface area (Å²) in [5, 5.41) is 88.5. The first kappa shape index (κ1) is 102. The molecule has 8 heterocycles. The number of phenolic OH excluding ortho intramolecular Hbond substituents is 2. The number of methoxy groups -OCH3 is 3. The van der Waals surface area contributed by atoms with Crippen LogP contribution in [0, 0.1) is 63.0 Å². The fourth-order valence-electron chi connectivity index (χ4n) is 18.0. The van der Waals surface area contributed by atoms with E-state index in [0.717, 1.165) is 101 Å². The van der Waals surface area contributed by atoms with Gasteiger partial charge in [-0.05, 0) is 180 Å². The number of nitrogens with one attached hydrogen (secondary N) is 5. The lowest BCUT2D eigenvalue weighted by molar-refractivity contribution is -0.117. The number of ether oxygens (including phenoxy) is 3. The van der Waals surface area contributed by atoms with Crippen molar-refractivity contribution in [2.24, 2.45) is 28.9 Å². The number of nitriles is 4. The molecule has 8 amide bonds. The number of alkyl halides is 3. The maximum atomic E-state index is 15.8. The number of likely N-dealkylation sites (tertiary alicyclic amines) is 3. The van der Waals surface area contributed by atoms with E-state index in [-0.39, 0.29) is 159 Å². The van der Waals surface area contributed by atoms with E-state index in [1.54, 1.807) is 45.8 Å². The molecule has 0 spiro atoms. The third-order valence-electron chi connectivity index (χ3n) is 26.0. The van der Waals surface area contributed by atoms with Crippen LogP contribution in [0.15, 0.2) is 110 Å². The lowest BCUT2D eigenvalue weighted by Gasteiger charge is -2.43. The van der Waals surface area contributed by atoms with E-state index in [1.807, 2.05) is 23.1 Å². The van der Waals surface area contributed by atoms with Crippen molar-refractivity contribution in [1.29, 1.82) is 21.0 Å². The number of hydrogen-bond acceptors (Lipinski definition) is 26. The SMILES string of the molecule is C=C(C)c1cc(F)c(CN2CCC(CC#N)(n3cc(C(N)=O)c(NC(=O)OC)n3)C(F)C2)cc1O.COC(=O)Nc1nn(C2(CC#N)CCN(Cc3cc(O)ccc3Cl)CC2F)cc1C(N)=O.COC(=O)Nc1nn(C2(CC#N)CCN(Cc3ccc(C4=CCCC4)nc3F)CC2F)cc1C(N)=O.N#CCC1(n2cc(C(N)=O)c(NC(=O)C3CC3)n2)CCC(Nc2ccc(C3=CCCC3)cc2)CC1. The number of allylic oxidation sites excluding steroid dienone is 5. The zero-order valence-electron chi connectivity index (χ0n) is 76.3. The summed E-state index contributed by atoms with van der Waals surface area (Å²) in [6.45, 7) is 6.50. The summed E-state index contributed by atoms with van der Waals surface area (Å²) in [5.41, 5.74) is 24.2. The van der Waals surface area contributed by atoms with Crippen molar-refractivity contribution in [3.05, 3.63) is 183 Å². The van der Waals surface area contributed by atoms with Gasteiger partial charge in [0.1, 0.15) is 74.7 Å². The summed E-state index contributed by atoms with van der Waals surface area (Å²) in [7, 11) is 3.40. The summed E-state index contributed by atoms with van der Waals surface area (Å²) >= 11 is 6.18. The number of nitrogens with two attached hydrogens (primary N) is 4. The summed E-state index contributed by atoms with van der Waals surface area (Å²) in [4.78, 5) is 104. The van der Waals surface area contributed by atoms with E-state index in [2.05, 4.69) is 115 Å². The number of rotatable bonds is 28. The van der Waals surface area contributed by atoms with Crippen LogP contribution in [0.25, 0.3) is 16.7 Å². The van der Waals surface area contributed by atoms with Gasteiger partial charge >= 0.3 is 18.3 Å². The minimum absolute atomic E-state index is 0.0144. The highest BCUT2D eigenvalue weighted by Crippen LogP contribution is 2.45. The monoisotopic (exact) mass is 1920 g/mol. The van der Waals surface area contributed by atoms with Gasteiger partial charge in [-0.2, -0.15) is 45.8 Å². The number of carbonyl (C=O) groups excluding carboxylic acids is 8. The normalized spacial score (nSPS) is 21.8. The molecule has 6 unspecified atom stereocenters. The number of halogens is 6. The van der Waals surface area contributed by atoms with Crippen molar-refractivity contribution in [1.82, 2.24) is 58.8 Å². The second-order valence-electron chi connectivity index (χ2n) is 35.0. The Morgan fingerprint density at radius 1 is 0.522 bits per heavy atom. The molecule has 5 fully saturated rings. The predicted molar refractivity (Wildman–Crippen MR) is 496 cm³/mol. The van der Waals surface area contributed by atoms with Crippen LogP contribution in [0.2, 0.25) is 5.02 Å². The summed E-state index contributed by atoms with van der Waals surface area (Å²) in [5.74, 6) is -5.03. The second-order valence-corrected chi connectivity index (χ2v) is 35.5. The molecule has 44 heteroatoms. The Hall–Kier alpha value is -14.8. The van der Waals surface area contributed by atoms with Crippen LogP contribution < -0.4 is 49.5 Å². The Labute approximate surface area is 795 Å². The van der Waals surface area contributed by atoms with E-state index in [9.17, 15) is 78.4 Å². The van der Waals surface area contributed by atoms with Crippen molar-refractivity contribution >= 4 is 105 Å². The molecular formula is C94H107ClF5N25O13. The first-order chi connectivity index (χ1) is 65.9. The van der Waals surface area contributed by atoms with Crippen molar-refractivity contribution in [2.45, 2.75) is 195 Å². The molecule has 0 radical (unpaired) electrons. The highest BCUT2D eigenvalue weighted by atomic mass is 35.5. The van der Waals surface area contributed by atoms with Gasteiger partial charge in [0.2, 0.25) is 11.9 Å². The fraction of sp³-hybridized carbons (Fsp3) is 0.436. The zero-order chi connectivity index (χ0) is 99.7. The van der Waals surface area contributed by atoms with Gasteiger partial charge in [0.05, 0.1) is 82.5 Å². The van der Waals surface area contributed by atoms with Gasteiger partial charge in [0.15, 0.2) is 23.3 Å². The van der Waals surface area contributed by atoms with Crippen LogP contribution in [0.1, 0.15) is 204 Å². The molecule has 0 bridgehead atoms. The molecule has 15 rings (SSSR count). The number of aromatic nitrogens is 9. The second kappa shape index (κ2) is 44.8. The van der Waals surface area contributed by atoms with Gasteiger partial charge in [-0.3, -0.25) is 73.3 Å². The molecule has 15 N–H and O–H groups in total. The first-order valence-corrected chi connectivity index (χ1v) is 44.9. The third kappa shape index (κ3) is 23.6. The van der Waals surface area contributed by atoms with Gasteiger partial charge in [-0.1, -0.05) is 48.5 Å². The fourth-order valence-corrected chi connectivity index (χ4v) is 18.2. The van der Waals surface area contributed by atoms with Gasteiger partial charge in [-0.25, -0.2) is 36.9 Å². The van der Waals surface area contributed by atoms with E-state index >= 15 is 13.2 Å². The lowest BCUT2D eigenvalue weighted by Crippen LogP contribution is -2.54. The maximum Gasteiger partial charge on any atom is 0.412 e. The average Bonchev–Trinajstić information content (AvgIpc) is 1.55. The number of carbonyl (C=O) groups is 8. The minimum Gasteiger partial charge on any atom is -0.508 e. The molecular weight excluding hydrogens is 1820 g/mol. The molecule has 6 atom stereocenters. The van der Waals surface area contributed by atoms with Gasteiger partial charge in [-0.15, -0.1) is 0 Å². The standard InChI is InChI=1S/C27H32N6O2.C24H27F2N7O3.C23H26F2N6O4.C20H22ClFN6O4/c28-16-15-27(33-17-23(24(29)34)25(32-33)31-26(35)20-5-6-20)13-11-22(12-14-27)30-21-9-7-19(8-10-21)18-3-1-2-4-18;1-36-23(35)30-22-17(21(28)34)13-33(31-22)24(8-10-27)9-11-32(14-19(24)25)12-16-6-7-18(29-20(16)26)15-4-2-3-5-15;1-13(2)15-9-17(24)14(8-18(15)32)10-30-7-5-23(4-6-26,19(25)12-30)31-11-16(20(27)33)21(29-31)28-22(34)35-3;1-32-19(31)25-18-14(17(24)30)10-28(26-18)20(4-6-23)5-7-27(11-16(20)22)9-12-8-13(29)2-3-15(12)21/h3,7-10,17,20,22,30H,1-2,4-6,11-15H2,(H2,29,34)(H,31,32,35);4,6-7,13,19H,2-3,5,8-9,11-12,14H2,1H3,(H2,28,34)(H,30,31,35);8-9,11,19,32H,1,4-5,7,10,12H2,2-3H3,(H2,27,33)(H,28,29,34);2-3,8,10,16,29H,4-5,7,9,11H2,1H3,(H2,24,30)(H,25,26,31). The number of amides is 8. The van der Waals surface area contributed by atoms with E-state index in [4.69, 9.17) is 34.5 Å². The van der Waals surface area contributed by atoms with Crippen LogP contribution in [0.4, 0.5) is 65.3 Å². The van der Waals surface area contributed by atoms with Crippen LogP contribution in [0.5, 0.6) is 11.5 Å². The summed E-state index contributed by atoms with van der Waals surface area (Å²) in [6, 6.07) is 27.7. The molecule has 3 aromatic carbocycles. The number of anilines is 5. The van der Waals surface area contributed by atoms with Crippen molar-refractivity contribution in [3.8, 4) is 35.8 Å². The van der Waals surface area contributed by atoms with E-state index in [0.29, 0.717) is 58.7 Å². The number of benzene rings is 3. The summed E-state index contributed by atoms with van der Waals surface area (Å²) in [6.07, 6.45) is 13.6. The van der Waals surface area contributed by atoms with Crippen LogP contribution in [-0.4, -0.2) is 202 Å². The molecule has 3 saturated heterocycles. The number of nitrogens with zero attached hydrogens (tertiary/aromatic N) is 16. The molecule has 3 aliphatic heterocycles. The van der Waals surface area contributed by atoms with Gasteiger partial charge in [0, 0.05) is 123 Å². The van der Waals surface area contributed by atoms with Gasteiger partial charge in [0.25, 0.3) is 23.6 Å². The van der Waals surface area contributed by atoms with Crippen molar-refractivity contribution < 1.29 is 84.7 Å². The zero-order valence-corrected chi connectivity index (χ0v) is 77.1. The molecule has 8 aromatic rings. The number of piperidine rings is 3. The number of phenols is 2. The number of primary amides is 4. The Morgan fingerprint density at radius 2 is 0.942 bits per heavy atom. The van der Waals surface area contributed by atoms with Crippen LogP contribution >= 0.6 is 11.6 Å². The highest BCUT2D eigenvalue weighted by Gasteiger charge is 2.51. The Kier molecular flexibility index (Phi) is 33.2. The first-order valence-electron chi connectivity index (χ1n) is 44.5. The topological polar surface area (TPSA) is 558 Å². The molecule has 2 saturated carbocycles. The quantitative estimate of drug-likeness (QED) is 0.0123. The molecule has 7 aliphatic rings. The van der Waals surface area contributed by atoms with Gasteiger partial charge < -0.3 is 58.0 Å². The molecule has 138 heavy (non-hydrogen) atoms. The number of pyridine rings is 1. The summed E-state index contributed by atoms with van der Waals surface area (Å²) < 4.78 is 95.3. The third-order valence-corrected chi connectivity index (χ3v) is 26.4. The molecule has 728 valence electrons. The van der Waals surface area contributed by atoms with E-state index in [1.165, 1.54) is 76.2 Å². The largest absolute Gasteiger partial charge is 0.508 e. The average molecular weight is 1930 g/mol. The minimum atomic E-state index is -1.64.